The van der Waals surface area contributed by atoms with Crippen LogP contribution >= 0.6 is 22.9 Å². The zero-order valence-electron chi connectivity index (χ0n) is 21.6. The van der Waals surface area contributed by atoms with E-state index >= 15 is 0 Å². The number of nitrogens with zero attached hydrogens (tertiary/aromatic N) is 2. The molecule has 0 fully saturated rings. The minimum atomic E-state index is 0.511. The molecular formula is C26H41ClN4O3S. The summed E-state index contributed by atoms with van der Waals surface area (Å²) in [5, 5.41) is 9.81. The van der Waals surface area contributed by atoms with Crippen molar-refractivity contribution in [1.82, 2.24) is 0 Å². The third kappa shape index (κ3) is 11.4. The number of nitrogen functional groups attached to an aromatic ring is 2. The van der Waals surface area contributed by atoms with Crippen LogP contribution in [-0.4, -0.2) is 46.6 Å². The molecule has 1 aromatic carbocycles. The molecule has 0 atom stereocenters. The fourth-order valence-corrected chi connectivity index (χ4v) is 4.26. The molecule has 1 aromatic heterocycles. The van der Waals surface area contributed by atoms with E-state index in [2.05, 4.69) is 31.7 Å². The van der Waals surface area contributed by atoms with Crippen LogP contribution in [-0.2, 0) is 15.9 Å². The summed E-state index contributed by atoms with van der Waals surface area (Å²) in [5.41, 5.74) is 13.5. The van der Waals surface area contributed by atoms with Crippen LogP contribution in [0.1, 0.15) is 56.9 Å². The topological polar surface area (TPSA) is 107 Å². The van der Waals surface area contributed by atoms with Gasteiger partial charge in [-0.05, 0) is 37.8 Å². The number of halogens is 1. The van der Waals surface area contributed by atoms with E-state index in [0.29, 0.717) is 40.2 Å². The van der Waals surface area contributed by atoms with Crippen molar-refractivity contribution < 1.29 is 14.2 Å². The number of nitriles is 1. The van der Waals surface area contributed by atoms with Crippen molar-refractivity contribution in [2.75, 3.05) is 63.0 Å². The summed E-state index contributed by atoms with van der Waals surface area (Å²) < 4.78 is 16.7. The molecule has 9 heteroatoms. The third-order valence-electron chi connectivity index (χ3n) is 5.06. The van der Waals surface area contributed by atoms with Gasteiger partial charge in [0.15, 0.2) is 0 Å². The Morgan fingerprint density at radius 2 is 1.60 bits per heavy atom. The van der Waals surface area contributed by atoms with Crippen LogP contribution in [0.25, 0.3) is 0 Å². The SMILES string of the molecule is CCCCc1cc(C#N)c(N)s1.CCCOCCN(CCOCCC)c1cc(Cl)c(N)cc1OC. The summed E-state index contributed by atoms with van der Waals surface area (Å²) in [6, 6.07) is 7.57. The average molecular weight is 525 g/mol. The predicted octanol–water partition coefficient (Wildman–Crippen LogP) is 6.13. The highest BCUT2D eigenvalue weighted by molar-refractivity contribution is 7.16. The smallest absolute Gasteiger partial charge is 0.144 e. The number of hydrogen-bond acceptors (Lipinski definition) is 8. The minimum absolute atomic E-state index is 0.511. The molecule has 0 aliphatic carbocycles. The highest BCUT2D eigenvalue weighted by Gasteiger charge is 2.15. The molecule has 0 unspecified atom stereocenters. The number of benzene rings is 1. The fraction of sp³-hybridized carbons (Fsp3) is 0.577. The zero-order valence-corrected chi connectivity index (χ0v) is 23.1. The van der Waals surface area contributed by atoms with Crippen LogP contribution in [0, 0.1) is 11.3 Å². The predicted molar refractivity (Wildman–Crippen MR) is 149 cm³/mol. The maximum Gasteiger partial charge on any atom is 0.144 e. The van der Waals surface area contributed by atoms with Gasteiger partial charge in [0, 0.05) is 37.2 Å². The van der Waals surface area contributed by atoms with E-state index < -0.39 is 0 Å². The van der Waals surface area contributed by atoms with Crippen LogP contribution in [0.4, 0.5) is 16.4 Å². The molecular weight excluding hydrogens is 484 g/mol. The Bertz CT molecular complexity index is 889. The largest absolute Gasteiger partial charge is 0.495 e. The molecule has 35 heavy (non-hydrogen) atoms. The first-order valence-corrected chi connectivity index (χ1v) is 13.4. The number of anilines is 3. The zero-order chi connectivity index (χ0) is 26.1. The normalized spacial score (nSPS) is 10.4. The maximum absolute atomic E-state index is 8.63. The molecule has 0 bridgehead atoms. The van der Waals surface area contributed by atoms with Gasteiger partial charge in [-0.15, -0.1) is 11.3 Å². The van der Waals surface area contributed by atoms with Crippen molar-refractivity contribution in [2.24, 2.45) is 0 Å². The second-order valence-electron chi connectivity index (χ2n) is 7.96. The molecule has 0 saturated carbocycles. The second-order valence-corrected chi connectivity index (χ2v) is 9.54. The fourth-order valence-electron chi connectivity index (χ4n) is 3.18. The molecule has 2 rings (SSSR count). The number of rotatable bonds is 15. The van der Waals surface area contributed by atoms with E-state index in [1.54, 1.807) is 13.2 Å². The van der Waals surface area contributed by atoms with E-state index in [9.17, 15) is 0 Å². The summed E-state index contributed by atoms with van der Waals surface area (Å²) in [6.07, 6.45) is 5.42. The summed E-state index contributed by atoms with van der Waals surface area (Å²) >= 11 is 7.72. The van der Waals surface area contributed by atoms with Gasteiger partial charge in [0.1, 0.15) is 16.8 Å². The summed E-state index contributed by atoms with van der Waals surface area (Å²) in [5.74, 6) is 0.706. The first kappa shape index (κ1) is 30.9. The van der Waals surface area contributed by atoms with Crippen molar-refractivity contribution >= 4 is 39.3 Å². The van der Waals surface area contributed by atoms with Crippen LogP contribution in [0.2, 0.25) is 5.02 Å². The Labute approximate surface area is 219 Å². The molecule has 4 N–H and O–H groups in total. The molecule has 1 heterocycles. The van der Waals surface area contributed by atoms with E-state index in [1.165, 1.54) is 29.1 Å². The molecule has 7 nitrogen and oxygen atoms in total. The monoisotopic (exact) mass is 524 g/mol. The summed E-state index contributed by atoms with van der Waals surface area (Å²) in [4.78, 5) is 3.39. The lowest BCUT2D eigenvalue weighted by Crippen LogP contribution is -2.31. The number of methoxy groups -OCH3 is 1. The van der Waals surface area contributed by atoms with Crippen molar-refractivity contribution in [3.63, 3.8) is 0 Å². The van der Waals surface area contributed by atoms with E-state index in [1.807, 2.05) is 12.1 Å². The molecule has 0 saturated heterocycles. The lowest BCUT2D eigenvalue weighted by Gasteiger charge is -2.27. The Morgan fingerprint density at radius 3 is 2.09 bits per heavy atom. The van der Waals surface area contributed by atoms with Crippen LogP contribution in [0.15, 0.2) is 18.2 Å². The van der Waals surface area contributed by atoms with Gasteiger partial charge in [0.25, 0.3) is 0 Å². The standard InChI is InChI=1S/C17H29ClN2O3.C9H12N2S/c1-4-8-22-10-6-20(7-11-23-9-5-2)16-12-14(18)15(19)13-17(16)21-3;1-2-3-4-8-5-7(6-10)9(11)12-8/h12-13H,4-11,19H2,1-3H3;5H,2-4,11H2,1H3. The van der Waals surface area contributed by atoms with E-state index in [4.69, 9.17) is 42.5 Å². The van der Waals surface area contributed by atoms with Gasteiger partial charge in [0.2, 0.25) is 0 Å². The number of aryl methyl sites for hydroxylation is 1. The van der Waals surface area contributed by atoms with E-state index in [0.717, 1.165) is 51.3 Å². The van der Waals surface area contributed by atoms with Gasteiger partial charge in [-0.1, -0.05) is 38.8 Å². The Kier molecular flexibility index (Phi) is 16.0. The van der Waals surface area contributed by atoms with E-state index in [-0.39, 0.29) is 0 Å². The molecule has 0 amide bonds. The summed E-state index contributed by atoms with van der Waals surface area (Å²) in [6.45, 7) is 10.7. The van der Waals surface area contributed by atoms with Gasteiger partial charge in [-0.25, -0.2) is 0 Å². The van der Waals surface area contributed by atoms with Crippen LogP contribution < -0.4 is 21.1 Å². The quantitative estimate of drug-likeness (QED) is 0.213. The first-order valence-electron chi connectivity index (χ1n) is 12.2. The number of unbranched alkanes of at least 4 members (excludes halogenated alkanes) is 1. The Morgan fingerprint density at radius 1 is 0.971 bits per heavy atom. The Balaban J connectivity index is 0.000000427. The van der Waals surface area contributed by atoms with Gasteiger partial charge in [-0.2, -0.15) is 5.26 Å². The molecule has 196 valence electrons. The third-order valence-corrected chi connectivity index (χ3v) is 6.41. The average Bonchev–Trinajstić information content (AvgIpc) is 3.23. The lowest BCUT2D eigenvalue weighted by atomic mass is 10.2. The lowest BCUT2D eigenvalue weighted by molar-refractivity contribution is 0.129. The van der Waals surface area contributed by atoms with Crippen LogP contribution in [0.5, 0.6) is 5.75 Å². The van der Waals surface area contributed by atoms with Gasteiger partial charge in [-0.3, -0.25) is 0 Å². The molecule has 0 radical (unpaired) electrons. The van der Waals surface area contributed by atoms with Crippen molar-refractivity contribution in [1.29, 1.82) is 5.26 Å². The summed E-state index contributed by atoms with van der Waals surface area (Å²) in [7, 11) is 1.63. The second kappa shape index (κ2) is 18.1. The van der Waals surface area contributed by atoms with Gasteiger partial charge >= 0.3 is 0 Å². The van der Waals surface area contributed by atoms with Gasteiger partial charge < -0.3 is 30.6 Å². The highest BCUT2D eigenvalue weighted by Crippen LogP contribution is 2.35. The van der Waals surface area contributed by atoms with Crippen molar-refractivity contribution in [3.05, 3.63) is 33.7 Å². The molecule has 0 aliphatic heterocycles. The van der Waals surface area contributed by atoms with Crippen LogP contribution in [0.3, 0.4) is 0 Å². The minimum Gasteiger partial charge on any atom is -0.495 e. The Hall–Kier alpha value is -2.18. The molecule has 0 spiro atoms. The van der Waals surface area contributed by atoms with Crippen molar-refractivity contribution in [3.8, 4) is 11.8 Å². The maximum atomic E-state index is 8.63. The number of ether oxygens (including phenoxy) is 3. The van der Waals surface area contributed by atoms with Gasteiger partial charge in [0.05, 0.1) is 42.3 Å². The molecule has 2 aromatic rings. The number of nitrogens with two attached hydrogens (primary N) is 2. The van der Waals surface area contributed by atoms with Crippen molar-refractivity contribution in [2.45, 2.75) is 52.9 Å². The first-order chi connectivity index (χ1) is 16.9. The number of hydrogen-bond donors (Lipinski definition) is 2. The highest BCUT2D eigenvalue weighted by atomic mass is 35.5. The molecule has 0 aliphatic rings. The number of thiophene rings is 1.